The number of aromatic nitrogens is 2. The summed E-state index contributed by atoms with van der Waals surface area (Å²) in [5, 5.41) is 7.60. The second kappa shape index (κ2) is 10.4. The Hall–Kier alpha value is -3.55. The van der Waals surface area contributed by atoms with E-state index in [1.807, 2.05) is 50.4 Å². The molecule has 4 heterocycles. The van der Waals surface area contributed by atoms with Gasteiger partial charge in [0.15, 0.2) is 0 Å². The maximum atomic E-state index is 12.8. The molecule has 1 saturated heterocycles. The van der Waals surface area contributed by atoms with Gasteiger partial charge in [0, 0.05) is 30.2 Å². The lowest BCUT2D eigenvalue weighted by Crippen LogP contribution is -2.54. The Morgan fingerprint density at radius 1 is 1.11 bits per heavy atom. The topological polar surface area (TPSA) is 79.4 Å². The van der Waals surface area contributed by atoms with E-state index in [1.54, 1.807) is 0 Å². The van der Waals surface area contributed by atoms with Gasteiger partial charge in [0.05, 0.1) is 47.5 Å². The van der Waals surface area contributed by atoms with Gasteiger partial charge in [0.2, 0.25) is 0 Å². The molecule has 7 nitrogen and oxygen atoms in total. The van der Waals surface area contributed by atoms with Crippen LogP contribution < -0.4 is 10.6 Å². The summed E-state index contributed by atoms with van der Waals surface area (Å²) in [5.41, 5.74) is 7.60. The molecule has 2 aromatic heterocycles. The number of carbonyl (C=O) groups is 1. The van der Waals surface area contributed by atoms with Gasteiger partial charge in [0.1, 0.15) is 0 Å². The summed E-state index contributed by atoms with van der Waals surface area (Å²) >= 11 is 0. The van der Waals surface area contributed by atoms with Crippen molar-refractivity contribution >= 4 is 22.5 Å². The first-order chi connectivity index (χ1) is 17.8. The largest absolute Gasteiger partial charge is 0.373 e. The highest BCUT2D eigenvalue weighted by Crippen LogP contribution is 2.22. The van der Waals surface area contributed by atoms with Crippen LogP contribution in [0.2, 0.25) is 0 Å². The Bertz CT molecular complexity index is 1360. The highest BCUT2D eigenvalue weighted by atomic mass is 16.5. The zero-order valence-electron chi connectivity index (χ0n) is 22.2. The van der Waals surface area contributed by atoms with Crippen molar-refractivity contribution in [2.24, 2.45) is 0 Å². The van der Waals surface area contributed by atoms with E-state index in [2.05, 4.69) is 59.5 Å². The average molecular weight is 498 g/mol. The maximum Gasteiger partial charge on any atom is 0.251 e. The molecule has 7 heteroatoms. The standard InChI is InChI=1S/C30H35N5O2/c1-18-11-24(12-19(2)22(18)5)30(36)32-15-25-13-28-23(14-31-25)9-10-27(33-28)26-7-6-8-29(34-26)35-16-20(3)37-21(4)17-35/h6-14,20-21,29,34H,15-17H2,1-5H3,(H,32,36)/t20-,21+,29?. The highest BCUT2D eigenvalue weighted by Gasteiger charge is 2.28. The average Bonchev–Trinajstić information content (AvgIpc) is 2.89. The van der Waals surface area contributed by atoms with Crippen molar-refractivity contribution in [1.29, 1.82) is 0 Å². The van der Waals surface area contributed by atoms with Crippen LogP contribution in [0.3, 0.4) is 0 Å². The van der Waals surface area contributed by atoms with Gasteiger partial charge in [0.25, 0.3) is 5.91 Å². The van der Waals surface area contributed by atoms with Crippen LogP contribution in [0.25, 0.3) is 16.6 Å². The van der Waals surface area contributed by atoms with Crippen molar-refractivity contribution in [2.75, 3.05) is 13.1 Å². The number of dihydropyridines is 1. The molecule has 5 rings (SSSR count). The number of allylic oxidation sites excluding steroid dienone is 2. The van der Waals surface area contributed by atoms with Crippen LogP contribution in [0.15, 0.2) is 54.8 Å². The van der Waals surface area contributed by atoms with E-state index in [0.29, 0.717) is 12.1 Å². The van der Waals surface area contributed by atoms with E-state index in [0.717, 1.165) is 52.2 Å². The summed E-state index contributed by atoms with van der Waals surface area (Å²) in [7, 11) is 0. The highest BCUT2D eigenvalue weighted by molar-refractivity contribution is 5.94. The molecule has 1 aromatic carbocycles. The van der Waals surface area contributed by atoms with Crippen molar-refractivity contribution in [3.63, 3.8) is 0 Å². The Morgan fingerprint density at radius 3 is 2.57 bits per heavy atom. The molecule has 2 aliphatic heterocycles. The van der Waals surface area contributed by atoms with E-state index < -0.39 is 0 Å². The number of fused-ring (bicyclic) bond motifs is 1. The number of hydrogen-bond acceptors (Lipinski definition) is 6. The summed E-state index contributed by atoms with van der Waals surface area (Å²) in [6.07, 6.45) is 8.66. The number of morpholine rings is 1. The summed E-state index contributed by atoms with van der Waals surface area (Å²) in [4.78, 5) is 24.6. The van der Waals surface area contributed by atoms with Crippen LogP contribution in [-0.2, 0) is 11.3 Å². The number of nitrogens with zero attached hydrogens (tertiary/aromatic N) is 3. The molecule has 2 N–H and O–H groups in total. The van der Waals surface area contributed by atoms with Crippen LogP contribution >= 0.6 is 0 Å². The van der Waals surface area contributed by atoms with Crippen molar-refractivity contribution < 1.29 is 9.53 Å². The van der Waals surface area contributed by atoms with Crippen LogP contribution in [-0.4, -0.2) is 52.2 Å². The van der Waals surface area contributed by atoms with Crippen LogP contribution in [0.1, 0.15) is 52.3 Å². The van der Waals surface area contributed by atoms with Gasteiger partial charge in [-0.25, -0.2) is 4.98 Å². The zero-order chi connectivity index (χ0) is 26.1. The van der Waals surface area contributed by atoms with E-state index in [1.165, 1.54) is 5.56 Å². The van der Waals surface area contributed by atoms with Gasteiger partial charge in [-0.1, -0.05) is 6.08 Å². The molecular weight excluding hydrogens is 462 g/mol. The molecule has 3 aromatic rings. The van der Waals surface area contributed by atoms with E-state index in [4.69, 9.17) is 9.72 Å². The fraction of sp³-hybridized carbons (Fsp3) is 0.367. The third kappa shape index (κ3) is 5.58. The molecule has 192 valence electrons. The first kappa shape index (κ1) is 25.1. The van der Waals surface area contributed by atoms with Gasteiger partial charge < -0.3 is 15.4 Å². The molecule has 0 bridgehead atoms. The summed E-state index contributed by atoms with van der Waals surface area (Å²) in [6, 6.07) is 9.88. The number of rotatable bonds is 5. The number of benzene rings is 1. The minimum absolute atomic E-state index is 0.101. The minimum Gasteiger partial charge on any atom is -0.373 e. The monoisotopic (exact) mass is 497 g/mol. The lowest BCUT2D eigenvalue weighted by molar-refractivity contribution is -0.0770. The predicted molar refractivity (Wildman–Crippen MR) is 147 cm³/mol. The zero-order valence-corrected chi connectivity index (χ0v) is 22.2. The number of pyridine rings is 2. The van der Waals surface area contributed by atoms with E-state index in [-0.39, 0.29) is 24.3 Å². The Balaban J connectivity index is 1.29. The number of carbonyl (C=O) groups excluding carboxylic acids is 1. The summed E-state index contributed by atoms with van der Waals surface area (Å²) in [6.45, 7) is 12.5. The van der Waals surface area contributed by atoms with Gasteiger partial charge in [-0.05, 0) is 93.8 Å². The Kier molecular flexibility index (Phi) is 7.09. The van der Waals surface area contributed by atoms with E-state index in [9.17, 15) is 4.79 Å². The second-order valence-electron chi connectivity index (χ2n) is 10.2. The normalized spacial score (nSPS) is 22.0. The Labute approximate surface area is 218 Å². The molecule has 1 unspecified atom stereocenters. The van der Waals surface area contributed by atoms with Crippen molar-refractivity contribution in [3.8, 4) is 0 Å². The lowest BCUT2D eigenvalue weighted by atomic mass is 10.0. The molecule has 0 spiro atoms. The number of hydrogen-bond donors (Lipinski definition) is 2. The van der Waals surface area contributed by atoms with Crippen molar-refractivity contribution in [2.45, 2.75) is 59.5 Å². The summed E-state index contributed by atoms with van der Waals surface area (Å²) in [5.74, 6) is -0.101. The molecule has 37 heavy (non-hydrogen) atoms. The smallest absolute Gasteiger partial charge is 0.251 e. The number of nitrogens with one attached hydrogen (secondary N) is 2. The third-order valence-corrected chi connectivity index (χ3v) is 7.23. The minimum atomic E-state index is -0.101. The van der Waals surface area contributed by atoms with Gasteiger partial charge in [-0.15, -0.1) is 0 Å². The van der Waals surface area contributed by atoms with Gasteiger partial charge >= 0.3 is 0 Å². The predicted octanol–water partition coefficient (Wildman–Crippen LogP) is 4.42. The fourth-order valence-electron chi connectivity index (χ4n) is 5.07. The van der Waals surface area contributed by atoms with Crippen LogP contribution in [0, 0.1) is 20.8 Å². The molecule has 0 radical (unpaired) electrons. The number of aryl methyl sites for hydroxylation is 2. The quantitative estimate of drug-likeness (QED) is 0.543. The molecule has 2 aliphatic rings. The SMILES string of the molecule is Cc1cc(C(=O)NCc2cc3nc(C4=CC=CC(N5C[C@@H](C)O[C@@H](C)C5)N4)ccc3cn2)cc(C)c1C. The molecule has 1 amide bonds. The molecule has 0 saturated carbocycles. The third-order valence-electron chi connectivity index (χ3n) is 7.23. The van der Waals surface area contributed by atoms with E-state index >= 15 is 0 Å². The molecule has 1 fully saturated rings. The van der Waals surface area contributed by atoms with Gasteiger partial charge in [-0.2, -0.15) is 0 Å². The maximum absolute atomic E-state index is 12.8. The Morgan fingerprint density at radius 2 is 1.84 bits per heavy atom. The number of ether oxygens (including phenoxy) is 1. The first-order valence-corrected chi connectivity index (χ1v) is 12.9. The van der Waals surface area contributed by atoms with Crippen molar-refractivity contribution in [3.05, 3.63) is 88.4 Å². The van der Waals surface area contributed by atoms with Crippen molar-refractivity contribution in [1.82, 2.24) is 25.5 Å². The van der Waals surface area contributed by atoms with Gasteiger partial charge in [-0.3, -0.25) is 14.7 Å². The summed E-state index contributed by atoms with van der Waals surface area (Å²) < 4.78 is 5.90. The second-order valence-corrected chi connectivity index (χ2v) is 10.2. The van der Waals surface area contributed by atoms with Crippen LogP contribution in [0.5, 0.6) is 0 Å². The van der Waals surface area contributed by atoms with Crippen LogP contribution in [0.4, 0.5) is 0 Å². The first-order valence-electron chi connectivity index (χ1n) is 12.9. The lowest BCUT2D eigenvalue weighted by Gasteiger charge is -2.40. The molecule has 3 atom stereocenters. The number of amides is 1. The fourth-order valence-corrected chi connectivity index (χ4v) is 5.07. The molecule has 0 aliphatic carbocycles. The molecular formula is C30H35N5O2.